The van der Waals surface area contributed by atoms with Crippen LogP contribution in [-0.2, 0) is 16.1 Å². The van der Waals surface area contributed by atoms with Crippen LogP contribution >= 0.6 is 23.1 Å². The summed E-state index contributed by atoms with van der Waals surface area (Å²) in [5.74, 6) is 1.34. The average Bonchev–Trinajstić information content (AvgIpc) is 3.58. The van der Waals surface area contributed by atoms with Gasteiger partial charge in [-0.3, -0.25) is 9.36 Å². The van der Waals surface area contributed by atoms with E-state index in [0.717, 1.165) is 22.4 Å². The predicted octanol–water partition coefficient (Wildman–Crippen LogP) is 6.48. The molecule has 1 N–H and O–H groups in total. The molecule has 0 aliphatic heterocycles. The Morgan fingerprint density at radius 3 is 2.59 bits per heavy atom. The van der Waals surface area contributed by atoms with Gasteiger partial charge in [-0.05, 0) is 55.7 Å². The number of aryl methyl sites for hydroxylation is 1. The molecule has 1 atom stereocenters. The molecule has 0 aliphatic rings. The number of nitrogens with zero attached hydrogens (tertiary/aromatic N) is 3. The summed E-state index contributed by atoms with van der Waals surface area (Å²) in [6.45, 7) is 10.3. The van der Waals surface area contributed by atoms with Crippen LogP contribution in [0, 0.1) is 13.8 Å². The molecule has 2 aromatic heterocycles. The van der Waals surface area contributed by atoms with E-state index in [1.54, 1.807) is 13.2 Å². The molecule has 4 rings (SSSR count). The van der Waals surface area contributed by atoms with Gasteiger partial charge in [-0.1, -0.05) is 42.1 Å². The van der Waals surface area contributed by atoms with Crippen LogP contribution < -0.4 is 14.8 Å². The van der Waals surface area contributed by atoms with E-state index in [1.165, 1.54) is 30.2 Å². The number of hydrogen-bond acceptors (Lipinski definition) is 9. The molecule has 214 valence electrons. The molecular weight excluding hydrogens is 560 g/mol. The van der Waals surface area contributed by atoms with Gasteiger partial charge in [0.1, 0.15) is 22.1 Å². The van der Waals surface area contributed by atoms with Gasteiger partial charge in [0, 0.05) is 17.5 Å². The lowest BCUT2D eigenvalue weighted by Crippen LogP contribution is -2.17. The van der Waals surface area contributed by atoms with Crippen molar-refractivity contribution in [3.8, 4) is 22.6 Å². The van der Waals surface area contributed by atoms with Crippen molar-refractivity contribution in [2.75, 3.05) is 25.3 Å². The summed E-state index contributed by atoms with van der Waals surface area (Å²) in [5, 5.41) is 14.3. The summed E-state index contributed by atoms with van der Waals surface area (Å²) >= 11 is 2.50. The molecule has 0 aliphatic carbocycles. The number of anilines is 1. The van der Waals surface area contributed by atoms with E-state index in [4.69, 9.17) is 14.2 Å². The molecule has 1 unspecified atom stereocenters. The number of esters is 1. The van der Waals surface area contributed by atoms with Crippen molar-refractivity contribution in [3.05, 3.63) is 83.0 Å². The number of benzene rings is 2. The van der Waals surface area contributed by atoms with Crippen molar-refractivity contribution in [1.29, 1.82) is 0 Å². The summed E-state index contributed by atoms with van der Waals surface area (Å²) in [5.41, 5.74) is 3.98. The molecule has 0 saturated carbocycles. The highest BCUT2D eigenvalue weighted by Crippen LogP contribution is 2.37. The van der Waals surface area contributed by atoms with Gasteiger partial charge in [0.15, 0.2) is 17.1 Å². The smallest absolute Gasteiger partial charge is 0.341 e. The Kier molecular flexibility index (Phi) is 9.85. The Balaban J connectivity index is 1.48. The Labute approximate surface area is 247 Å². The van der Waals surface area contributed by atoms with Crippen LogP contribution in [0.2, 0.25) is 0 Å². The highest BCUT2D eigenvalue weighted by Gasteiger charge is 2.24. The Bertz CT molecular complexity index is 1540. The number of ether oxygens (including phenoxy) is 3. The van der Waals surface area contributed by atoms with Gasteiger partial charge in [-0.15, -0.1) is 28.1 Å². The summed E-state index contributed by atoms with van der Waals surface area (Å²) < 4.78 is 18.3. The van der Waals surface area contributed by atoms with Gasteiger partial charge in [0.25, 0.3) is 0 Å². The summed E-state index contributed by atoms with van der Waals surface area (Å²) in [4.78, 5) is 25.7. The first-order valence-electron chi connectivity index (χ1n) is 12.8. The van der Waals surface area contributed by atoms with Crippen LogP contribution in [-0.4, -0.2) is 46.6 Å². The maximum atomic E-state index is 13.0. The van der Waals surface area contributed by atoms with Crippen molar-refractivity contribution in [1.82, 2.24) is 14.8 Å². The lowest BCUT2D eigenvalue weighted by molar-refractivity contribution is -0.113. The number of aromatic nitrogens is 3. The molecule has 0 radical (unpaired) electrons. The number of thioether (sulfide) groups is 1. The first kappa shape index (κ1) is 29.9. The third-order valence-corrected chi connectivity index (χ3v) is 8.31. The topological polar surface area (TPSA) is 105 Å². The number of nitrogens with one attached hydrogen (secondary N) is 1. The molecule has 0 bridgehead atoms. The van der Waals surface area contributed by atoms with Gasteiger partial charge in [-0.2, -0.15) is 0 Å². The van der Waals surface area contributed by atoms with E-state index in [2.05, 4.69) is 22.1 Å². The highest BCUT2D eigenvalue weighted by molar-refractivity contribution is 7.99. The lowest BCUT2D eigenvalue weighted by atomic mass is 10.0. The number of carbonyl (C=O) groups is 2. The Morgan fingerprint density at radius 2 is 1.90 bits per heavy atom. The van der Waals surface area contributed by atoms with Gasteiger partial charge in [0.05, 0.1) is 20.0 Å². The van der Waals surface area contributed by atoms with Crippen molar-refractivity contribution < 1.29 is 23.8 Å². The first-order valence-corrected chi connectivity index (χ1v) is 14.7. The number of hydrogen-bond donors (Lipinski definition) is 1. The van der Waals surface area contributed by atoms with Gasteiger partial charge < -0.3 is 19.5 Å². The van der Waals surface area contributed by atoms with Crippen molar-refractivity contribution in [2.45, 2.75) is 38.6 Å². The second kappa shape index (κ2) is 13.5. The van der Waals surface area contributed by atoms with Crippen LogP contribution in [0.15, 0.2) is 65.7 Å². The van der Waals surface area contributed by atoms with E-state index in [9.17, 15) is 9.59 Å². The van der Waals surface area contributed by atoms with E-state index in [0.29, 0.717) is 39.4 Å². The molecule has 11 heteroatoms. The third-order valence-electron chi connectivity index (χ3n) is 6.45. The molecule has 0 saturated heterocycles. The molecule has 0 fully saturated rings. The fraction of sp³-hybridized carbons (Fsp3) is 0.267. The largest absolute Gasteiger partial charge is 0.497 e. The summed E-state index contributed by atoms with van der Waals surface area (Å²) in [6.07, 6.45) is 1.37. The van der Waals surface area contributed by atoms with Crippen LogP contribution in [0.25, 0.3) is 11.1 Å². The van der Waals surface area contributed by atoms with E-state index in [1.807, 2.05) is 73.2 Å². The van der Waals surface area contributed by atoms with Gasteiger partial charge >= 0.3 is 5.97 Å². The zero-order chi connectivity index (χ0) is 29.5. The SMILES string of the molecule is C=CCn1c(SCC(=O)Nc2scc(-c3ccc(OC)cc3)c2C(=O)OC)nnc1C(C)Oc1cccc(C)c1C. The monoisotopic (exact) mass is 592 g/mol. The van der Waals surface area contributed by atoms with E-state index < -0.39 is 5.97 Å². The highest BCUT2D eigenvalue weighted by atomic mass is 32.2. The molecule has 0 spiro atoms. The quantitative estimate of drug-likeness (QED) is 0.113. The lowest BCUT2D eigenvalue weighted by Gasteiger charge is -2.18. The van der Waals surface area contributed by atoms with Crippen molar-refractivity contribution in [3.63, 3.8) is 0 Å². The third kappa shape index (κ3) is 6.80. The number of allylic oxidation sites excluding steroid dienone is 1. The van der Waals surface area contributed by atoms with Gasteiger partial charge in [0.2, 0.25) is 5.91 Å². The van der Waals surface area contributed by atoms with E-state index in [-0.39, 0.29) is 17.8 Å². The number of methoxy groups -OCH3 is 2. The normalized spacial score (nSPS) is 11.5. The second-order valence-corrected chi connectivity index (χ2v) is 10.9. The summed E-state index contributed by atoms with van der Waals surface area (Å²) in [6, 6.07) is 13.2. The van der Waals surface area contributed by atoms with Crippen molar-refractivity contribution >= 4 is 40.0 Å². The summed E-state index contributed by atoms with van der Waals surface area (Å²) in [7, 11) is 2.90. The molecule has 2 heterocycles. The number of amides is 1. The zero-order valence-electron chi connectivity index (χ0n) is 23.6. The fourth-order valence-electron chi connectivity index (χ4n) is 4.13. The van der Waals surface area contributed by atoms with Gasteiger partial charge in [-0.25, -0.2) is 4.79 Å². The van der Waals surface area contributed by atoms with Crippen molar-refractivity contribution in [2.24, 2.45) is 0 Å². The standard InChI is InChI=1S/C30H32N4O5S2/c1-7-15-34-27(20(4)39-24-10-8-9-18(2)19(24)3)32-33-30(34)41-17-25(35)31-28-26(29(36)38-6)23(16-40-28)21-11-13-22(37-5)14-12-21/h7-14,16,20H,1,15,17H2,2-6H3,(H,31,35). The minimum absolute atomic E-state index is 0.0535. The number of carbonyl (C=O) groups excluding carboxylic acids is 2. The number of rotatable bonds is 12. The maximum absolute atomic E-state index is 13.0. The van der Waals surface area contributed by atoms with E-state index >= 15 is 0 Å². The van der Waals surface area contributed by atoms with Crippen LogP contribution in [0.4, 0.5) is 5.00 Å². The molecule has 2 aromatic carbocycles. The fourth-order valence-corrected chi connectivity index (χ4v) is 5.86. The minimum Gasteiger partial charge on any atom is -0.497 e. The number of thiophene rings is 1. The van der Waals surface area contributed by atoms with Crippen LogP contribution in [0.1, 0.15) is 40.3 Å². The minimum atomic E-state index is -0.534. The Hall–Kier alpha value is -4.09. The average molecular weight is 593 g/mol. The van der Waals surface area contributed by atoms with Crippen LogP contribution in [0.5, 0.6) is 11.5 Å². The van der Waals surface area contributed by atoms with Crippen LogP contribution in [0.3, 0.4) is 0 Å². The first-order chi connectivity index (χ1) is 19.8. The predicted molar refractivity (Wildman–Crippen MR) is 162 cm³/mol. The second-order valence-electron chi connectivity index (χ2n) is 9.11. The Morgan fingerprint density at radius 1 is 1.15 bits per heavy atom. The molecule has 9 nitrogen and oxygen atoms in total. The molecule has 41 heavy (non-hydrogen) atoms. The maximum Gasteiger partial charge on any atom is 0.341 e. The zero-order valence-corrected chi connectivity index (χ0v) is 25.2. The molecular formula is C30H32N4O5S2. The molecule has 1 amide bonds. The molecule has 4 aromatic rings.